The molecule has 5 rings (SSSR count). The fraction of sp³-hybridized carbons (Fsp3) is 0.375. The van der Waals surface area contributed by atoms with Crippen molar-refractivity contribution in [2.75, 3.05) is 17.3 Å². The standard InChI is InChI=1S/C24H24ClN3O3S/c1-15-11-16-5-2-3-7-21(16)28(15)22(29)14-32-24-26-20-12-17(25)8-9-19(20)23(30)27(24)13-18-6-4-10-31-18/h2-3,5,7-9,12,15,18H,4,6,10-11,13-14H2,1H3/t15-,18+/m0/s1. The van der Waals surface area contributed by atoms with E-state index in [0.717, 1.165) is 24.9 Å². The van der Waals surface area contributed by atoms with Crippen LogP contribution >= 0.6 is 23.4 Å². The first-order chi connectivity index (χ1) is 15.5. The number of benzene rings is 2. The molecule has 0 N–H and O–H groups in total. The van der Waals surface area contributed by atoms with Crippen molar-refractivity contribution in [3.63, 3.8) is 0 Å². The Balaban J connectivity index is 1.45. The van der Waals surface area contributed by atoms with Gasteiger partial charge in [0.25, 0.3) is 5.56 Å². The number of amides is 1. The molecule has 0 spiro atoms. The Morgan fingerprint density at radius 2 is 2.12 bits per heavy atom. The number of halogens is 1. The Bertz CT molecular complexity index is 1240. The quantitative estimate of drug-likeness (QED) is 0.412. The van der Waals surface area contributed by atoms with E-state index in [4.69, 9.17) is 21.3 Å². The minimum absolute atomic E-state index is 0.0107. The molecule has 3 heterocycles. The van der Waals surface area contributed by atoms with Crippen LogP contribution in [-0.2, 0) is 22.5 Å². The van der Waals surface area contributed by atoms with Crippen molar-refractivity contribution < 1.29 is 9.53 Å². The molecule has 3 aromatic rings. The monoisotopic (exact) mass is 469 g/mol. The van der Waals surface area contributed by atoms with Crippen molar-refractivity contribution in [3.8, 4) is 0 Å². The fourth-order valence-corrected chi connectivity index (χ4v) is 5.61. The highest BCUT2D eigenvalue weighted by Gasteiger charge is 2.31. The van der Waals surface area contributed by atoms with Gasteiger partial charge in [-0.3, -0.25) is 14.2 Å². The molecule has 0 bridgehead atoms. The van der Waals surface area contributed by atoms with Crippen molar-refractivity contribution in [1.82, 2.24) is 9.55 Å². The summed E-state index contributed by atoms with van der Waals surface area (Å²) in [5, 5.41) is 1.56. The molecule has 2 aliphatic rings. The lowest BCUT2D eigenvalue weighted by molar-refractivity contribution is -0.116. The number of para-hydroxylation sites is 1. The molecule has 166 valence electrons. The van der Waals surface area contributed by atoms with E-state index < -0.39 is 0 Å². The molecule has 1 amide bonds. The number of ether oxygens (including phenoxy) is 1. The van der Waals surface area contributed by atoms with Crippen molar-refractivity contribution in [2.24, 2.45) is 0 Å². The van der Waals surface area contributed by atoms with E-state index >= 15 is 0 Å². The molecule has 32 heavy (non-hydrogen) atoms. The van der Waals surface area contributed by atoms with E-state index in [1.807, 2.05) is 23.1 Å². The van der Waals surface area contributed by atoms with Gasteiger partial charge in [0.1, 0.15) is 0 Å². The zero-order valence-corrected chi connectivity index (χ0v) is 19.4. The van der Waals surface area contributed by atoms with Crippen molar-refractivity contribution in [3.05, 3.63) is 63.4 Å². The summed E-state index contributed by atoms with van der Waals surface area (Å²) in [6.07, 6.45) is 2.74. The Labute approximate surface area is 195 Å². The normalized spacial score (nSPS) is 20.1. The van der Waals surface area contributed by atoms with E-state index in [2.05, 4.69) is 13.0 Å². The highest BCUT2D eigenvalue weighted by molar-refractivity contribution is 7.99. The van der Waals surface area contributed by atoms with E-state index in [9.17, 15) is 9.59 Å². The second-order valence-electron chi connectivity index (χ2n) is 8.34. The molecule has 0 saturated carbocycles. The molecule has 8 heteroatoms. The largest absolute Gasteiger partial charge is 0.376 e. The maximum Gasteiger partial charge on any atom is 0.262 e. The number of nitrogens with zero attached hydrogens (tertiary/aromatic N) is 3. The average Bonchev–Trinajstić information content (AvgIpc) is 3.40. The van der Waals surface area contributed by atoms with Gasteiger partial charge in [0.05, 0.1) is 29.3 Å². The predicted octanol–water partition coefficient (Wildman–Crippen LogP) is 4.30. The third-order valence-electron chi connectivity index (χ3n) is 6.09. The number of hydrogen-bond donors (Lipinski definition) is 0. The summed E-state index contributed by atoms with van der Waals surface area (Å²) in [5.74, 6) is 0.208. The maximum absolute atomic E-state index is 13.3. The van der Waals surface area contributed by atoms with Gasteiger partial charge in [0.2, 0.25) is 5.91 Å². The van der Waals surface area contributed by atoms with Gasteiger partial charge in [-0.2, -0.15) is 0 Å². The minimum Gasteiger partial charge on any atom is -0.376 e. The molecule has 0 radical (unpaired) electrons. The molecule has 6 nitrogen and oxygen atoms in total. The fourth-order valence-electron chi connectivity index (χ4n) is 4.58. The van der Waals surface area contributed by atoms with Crippen LogP contribution in [0.3, 0.4) is 0 Å². The van der Waals surface area contributed by atoms with E-state index in [-0.39, 0.29) is 29.4 Å². The third kappa shape index (κ3) is 4.05. The summed E-state index contributed by atoms with van der Waals surface area (Å²) in [5.41, 5.74) is 2.57. The molecular formula is C24H24ClN3O3S. The van der Waals surface area contributed by atoms with Gasteiger partial charge in [0.15, 0.2) is 5.16 Å². The Morgan fingerprint density at radius 3 is 2.94 bits per heavy atom. The summed E-state index contributed by atoms with van der Waals surface area (Å²) in [7, 11) is 0. The van der Waals surface area contributed by atoms with Crippen LogP contribution in [0.15, 0.2) is 52.4 Å². The number of fused-ring (bicyclic) bond motifs is 2. The van der Waals surface area contributed by atoms with Gasteiger partial charge in [-0.1, -0.05) is 41.6 Å². The number of carbonyl (C=O) groups excluding carboxylic acids is 1. The van der Waals surface area contributed by atoms with Crippen molar-refractivity contribution >= 4 is 45.9 Å². The number of rotatable bonds is 5. The van der Waals surface area contributed by atoms with Crippen LogP contribution in [0.4, 0.5) is 5.69 Å². The molecule has 0 aliphatic carbocycles. The number of thioether (sulfide) groups is 1. The third-order valence-corrected chi connectivity index (χ3v) is 7.29. The van der Waals surface area contributed by atoms with Gasteiger partial charge >= 0.3 is 0 Å². The number of carbonyl (C=O) groups is 1. The molecule has 2 aromatic carbocycles. The van der Waals surface area contributed by atoms with Crippen LogP contribution in [0.1, 0.15) is 25.3 Å². The number of anilines is 1. The first-order valence-electron chi connectivity index (χ1n) is 10.9. The summed E-state index contributed by atoms with van der Waals surface area (Å²) in [6.45, 7) is 3.21. The zero-order chi connectivity index (χ0) is 22.2. The van der Waals surface area contributed by atoms with Gasteiger partial charge in [-0.05, 0) is 56.0 Å². The van der Waals surface area contributed by atoms with Crippen molar-refractivity contribution in [1.29, 1.82) is 0 Å². The first-order valence-corrected chi connectivity index (χ1v) is 12.2. The highest BCUT2D eigenvalue weighted by Crippen LogP contribution is 2.33. The van der Waals surface area contributed by atoms with Crippen molar-refractivity contribution in [2.45, 2.75) is 50.0 Å². The molecule has 2 aliphatic heterocycles. The van der Waals surface area contributed by atoms with Crippen LogP contribution in [0.25, 0.3) is 10.9 Å². The number of aromatic nitrogens is 2. The summed E-state index contributed by atoms with van der Waals surface area (Å²) in [6, 6.07) is 13.2. The van der Waals surface area contributed by atoms with Gasteiger partial charge in [0, 0.05) is 23.4 Å². The smallest absolute Gasteiger partial charge is 0.262 e. The predicted molar refractivity (Wildman–Crippen MR) is 128 cm³/mol. The zero-order valence-electron chi connectivity index (χ0n) is 17.8. The van der Waals surface area contributed by atoms with E-state index in [0.29, 0.717) is 34.2 Å². The van der Waals surface area contributed by atoms with Crippen LogP contribution in [0, 0.1) is 0 Å². The summed E-state index contributed by atoms with van der Waals surface area (Å²) >= 11 is 7.44. The Kier molecular flexibility index (Phi) is 5.97. The summed E-state index contributed by atoms with van der Waals surface area (Å²) in [4.78, 5) is 33.1. The Hall–Kier alpha value is -2.35. The topological polar surface area (TPSA) is 64.4 Å². The van der Waals surface area contributed by atoms with Crippen LogP contribution in [0.5, 0.6) is 0 Å². The lowest BCUT2D eigenvalue weighted by Gasteiger charge is -2.23. The maximum atomic E-state index is 13.3. The van der Waals surface area contributed by atoms with Crippen LogP contribution in [-0.4, -0.2) is 40.0 Å². The lowest BCUT2D eigenvalue weighted by atomic mass is 10.1. The second-order valence-corrected chi connectivity index (χ2v) is 9.72. The molecular weight excluding hydrogens is 446 g/mol. The first kappa shape index (κ1) is 21.5. The molecule has 1 saturated heterocycles. The second kappa shape index (κ2) is 8.89. The van der Waals surface area contributed by atoms with Gasteiger partial charge in [-0.25, -0.2) is 4.98 Å². The molecule has 0 unspecified atom stereocenters. The van der Waals surface area contributed by atoms with Gasteiger partial charge < -0.3 is 9.64 Å². The van der Waals surface area contributed by atoms with E-state index in [1.54, 1.807) is 22.8 Å². The van der Waals surface area contributed by atoms with Crippen LogP contribution in [0.2, 0.25) is 5.02 Å². The lowest BCUT2D eigenvalue weighted by Crippen LogP contribution is -2.37. The minimum atomic E-state index is -0.128. The molecule has 1 fully saturated rings. The molecule has 2 atom stereocenters. The van der Waals surface area contributed by atoms with Crippen LogP contribution < -0.4 is 10.5 Å². The molecule has 1 aromatic heterocycles. The highest BCUT2D eigenvalue weighted by atomic mass is 35.5. The number of hydrogen-bond acceptors (Lipinski definition) is 5. The summed E-state index contributed by atoms with van der Waals surface area (Å²) < 4.78 is 7.42. The van der Waals surface area contributed by atoms with Gasteiger partial charge in [-0.15, -0.1) is 0 Å². The van der Waals surface area contributed by atoms with E-state index in [1.165, 1.54) is 17.3 Å². The average molecular weight is 470 g/mol. The SMILES string of the molecule is C[C@H]1Cc2ccccc2N1C(=O)CSc1nc2cc(Cl)ccc2c(=O)n1C[C@H]1CCCO1. The Morgan fingerprint density at radius 1 is 1.28 bits per heavy atom.